The molecule has 2 aliphatic heterocycles. The van der Waals surface area contributed by atoms with Crippen LogP contribution in [-0.2, 0) is 29.3 Å². The summed E-state index contributed by atoms with van der Waals surface area (Å²) in [5, 5.41) is -2.00. The molecule has 0 aromatic heterocycles. The Balaban J connectivity index is 1.65. The lowest BCUT2D eigenvalue weighted by Crippen LogP contribution is -2.39. The lowest BCUT2D eigenvalue weighted by Gasteiger charge is -2.29. The van der Waals surface area contributed by atoms with E-state index in [1.54, 1.807) is 0 Å². The van der Waals surface area contributed by atoms with E-state index in [1.165, 1.54) is 36.4 Å². The van der Waals surface area contributed by atoms with E-state index in [0.29, 0.717) is 0 Å². The van der Waals surface area contributed by atoms with Crippen molar-refractivity contribution in [2.45, 2.75) is 10.7 Å². The number of nitrogens with zero attached hydrogens (tertiary/aromatic N) is 2. The third-order valence-corrected chi connectivity index (χ3v) is 10.8. The van der Waals surface area contributed by atoms with Gasteiger partial charge in [0.2, 0.25) is 11.8 Å². The third-order valence-electron chi connectivity index (χ3n) is 5.58. The van der Waals surface area contributed by atoms with Gasteiger partial charge >= 0.3 is 0 Å². The molecule has 14 heteroatoms. The normalized spacial score (nSPS) is 23.6. The molecule has 0 saturated carbocycles. The Morgan fingerprint density at radius 3 is 1.32 bits per heavy atom. The number of hydrogen-bond acceptors (Lipinski definition) is 6. The standard InChI is InChI=1S/C20H16Cl4N2O6S2/c21-13-3-1-11(7-15(13)23)19-25(17(27)9-33(19,29)30)5-6-26-18(28)10-34(31,32)20(26)12-2-4-14(22)16(24)8-12/h1-4,7-8,19-20H,5-6,9-10H2/t19-,20+. The van der Waals surface area contributed by atoms with Crippen molar-refractivity contribution >= 4 is 77.9 Å². The fraction of sp³-hybridized carbons (Fsp3) is 0.300. The van der Waals surface area contributed by atoms with E-state index in [-0.39, 0.29) is 44.3 Å². The summed E-state index contributed by atoms with van der Waals surface area (Å²) >= 11 is 23.9. The molecule has 0 N–H and O–H groups in total. The first-order valence-electron chi connectivity index (χ1n) is 9.74. The van der Waals surface area contributed by atoms with Gasteiger partial charge in [0.05, 0.1) is 20.1 Å². The van der Waals surface area contributed by atoms with Gasteiger partial charge in [-0.1, -0.05) is 58.5 Å². The average Bonchev–Trinajstić information content (AvgIpc) is 3.10. The minimum absolute atomic E-state index is 0.120. The Morgan fingerprint density at radius 1 is 0.647 bits per heavy atom. The molecule has 2 saturated heterocycles. The molecule has 2 amide bonds. The first-order chi connectivity index (χ1) is 15.8. The molecule has 182 valence electrons. The molecular weight excluding hydrogens is 570 g/mol. The summed E-state index contributed by atoms with van der Waals surface area (Å²) in [6.45, 7) is -0.440. The Bertz CT molecular complexity index is 1310. The fourth-order valence-electron chi connectivity index (χ4n) is 4.12. The molecule has 0 unspecified atom stereocenters. The number of rotatable bonds is 5. The summed E-state index contributed by atoms with van der Waals surface area (Å²) in [7, 11) is -7.81. The Labute approximate surface area is 216 Å². The summed E-state index contributed by atoms with van der Waals surface area (Å²) in [4.78, 5) is 27.4. The molecule has 0 radical (unpaired) electrons. The second kappa shape index (κ2) is 9.15. The topological polar surface area (TPSA) is 109 Å². The van der Waals surface area contributed by atoms with E-state index in [9.17, 15) is 26.4 Å². The van der Waals surface area contributed by atoms with Crippen LogP contribution in [0, 0.1) is 0 Å². The highest BCUT2D eigenvalue weighted by atomic mass is 35.5. The molecule has 2 aromatic carbocycles. The molecule has 8 nitrogen and oxygen atoms in total. The van der Waals surface area contributed by atoms with Crippen molar-refractivity contribution in [1.82, 2.24) is 9.80 Å². The highest BCUT2D eigenvalue weighted by molar-refractivity contribution is 7.93. The van der Waals surface area contributed by atoms with Crippen LogP contribution in [-0.4, -0.2) is 63.0 Å². The number of benzene rings is 2. The fourth-order valence-corrected chi connectivity index (χ4v) is 8.42. The second-order valence-electron chi connectivity index (χ2n) is 7.84. The van der Waals surface area contributed by atoms with Crippen LogP contribution in [0.5, 0.6) is 0 Å². The molecule has 2 heterocycles. The Kier molecular flexibility index (Phi) is 6.87. The Morgan fingerprint density at radius 2 is 1.00 bits per heavy atom. The van der Waals surface area contributed by atoms with Crippen molar-refractivity contribution < 1.29 is 26.4 Å². The van der Waals surface area contributed by atoms with Gasteiger partial charge in [0.1, 0.15) is 11.5 Å². The van der Waals surface area contributed by atoms with Crippen LogP contribution in [0.2, 0.25) is 20.1 Å². The maximum Gasteiger partial charge on any atom is 0.239 e. The van der Waals surface area contributed by atoms with Gasteiger partial charge in [-0.2, -0.15) is 0 Å². The van der Waals surface area contributed by atoms with Gasteiger partial charge in [-0.05, 0) is 35.4 Å². The number of halogens is 4. The largest absolute Gasteiger partial charge is 0.319 e. The van der Waals surface area contributed by atoms with Gasteiger partial charge in [0.25, 0.3) is 0 Å². The maximum absolute atomic E-state index is 12.8. The number of hydrogen-bond donors (Lipinski definition) is 0. The van der Waals surface area contributed by atoms with Crippen LogP contribution in [0.3, 0.4) is 0 Å². The molecule has 34 heavy (non-hydrogen) atoms. The molecular formula is C20H16Cl4N2O6S2. The van der Waals surface area contributed by atoms with E-state index in [1.807, 2.05) is 0 Å². The van der Waals surface area contributed by atoms with Gasteiger partial charge in [0, 0.05) is 13.1 Å². The van der Waals surface area contributed by atoms with Crippen LogP contribution in [0.25, 0.3) is 0 Å². The predicted molar refractivity (Wildman–Crippen MR) is 129 cm³/mol. The third kappa shape index (κ3) is 4.64. The monoisotopic (exact) mass is 584 g/mol. The minimum Gasteiger partial charge on any atom is -0.319 e. The molecule has 2 atom stereocenters. The summed E-state index contributed by atoms with van der Waals surface area (Å²) in [5.41, 5.74) is 0.475. The van der Waals surface area contributed by atoms with Crippen molar-refractivity contribution in [1.29, 1.82) is 0 Å². The zero-order chi connectivity index (χ0) is 25.0. The molecule has 2 aliphatic rings. The Hall–Kier alpha value is -1.56. The molecule has 0 aliphatic carbocycles. The van der Waals surface area contributed by atoms with Crippen LogP contribution < -0.4 is 0 Å². The lowest BCUT2D eigenvalue weighted by molar-refractivity contribution is -0.132. The van der Waals surface area contributed by atoms with E-state index < -0.39 is 53.7 Å². The summed E-state index contributed by atoms with van der Waals surface area (Å²) < 4.78 is 51.0. The number of carbonyl (C=O) groups excluding carboxylic acids is 2. The number of sulfone groups is 2. The number of carbonyl (C=O) groups is 2. The van der Waals surface area contributed by atoms with Crippen LogP contribution in [0.15, 0.2) is 36.4 Å². The quantitative estimate of drug-likeness (QED) is 0.531. The predicted octanol–water partition coefficient (Wildman–Crippen LogP) is 3.51. The van der Waals surface area contributed by atoms with Gasteiger partial charge in [-0.25, -0.2) is 16.8 Å². The molecule has 2 aromatic rings. The van der Waals surface area contributed by atoms with Crippen molar-refractivity contribution in [3.63, 3.8) is 0 Å². The molecule has 0 spiro atoms. The van der Waals surface area contributed by atoms with E-state index in [2.05, 4.69) is 0 Å². The van der Waals surface area contributed by atoms with E-state index >= 15 is 0 Å². The van der Waals surface area contributed by atoms with Crippen molar-refractivity contribution in [3.8, 4) is 0 Å². The molecule has 0 bridgehead atoms. The summed E-state index contributed by atoms with van der Waals surface area (Å²) in [5.74, 6) is -2.78. The van der Waals surface area contributed by atoms with Crippen LogP contribution in [0.1, 0.15) is 21.9 Å². The van der Waals surface area contributed by atoms with Gasteiger partial charge < -0.3 is 9.80 Å². The zero-order valence-electron chi connectivity index (χ0n) is 17.1. The van der Waals surface area contributed by atoms with Crippen molar-refractivity contribution in [2.24, 2.45) is 0 Å². The first-order valence-corrected chi connectivity index (χ1v) is 14.7. The van der Waals surface area contributed by atoms with Crippen LogP contribution >= 0.6 is 46.4 Å². The SMILES string of the molecule is O=C1CS(=O)(=O)[C@H](c2ccc(Cl)c(Cl)c2)N1CCN1C(=O)CS(=O)(=O)[C@H]1c1ccc(Cl)c(Cl)c1. The zero-order valence-corrected chi connectivity index (χ0v) is 21.8. The summed E-state index contributed by atoms with van der Waals surface area (Å²) in [6.07, 6.45) is 0. The van der Waals surface area contributed by atoms with E-state index in [0.717, 1.165) is 9.80 Å². The van der Waals surface area contributed by atoms with Crippen molar-refractivity contribution in [2.75, 3.05) is 24.6 Å². The second-order valence-corrected chi connectivity index (χ2v) is 13.6. The summed E-state index contributed by atoms with van der Waals surface area (Å²) in [6, 6.07) is 8.47. The molecule has 4 rings (SSSR count). The van der Waals surface area contributed by atoms with E-state index in [4.69, 9.17) is 46.4 Å². The first kappa shape index (κ1) is 25.5. The minimum atomic E-state index is -3.91. The van der Waals surface area contributed by atoms with Gasteiger partial charge in [-0.3, -0.25) is 9.59 Å². The highest BCUT2D eigenvalue weighted by Gasteiger charge is 2.48. The smallest absolute Gasteiger partial charge is 0.239 e. The number of amides is 2. The molecule has 2 fully saturated rings. The van der Waals surface area contributed by atoms with Gasteiger partial charge in [0.15, 0.2) is 30.4 Å². The average molecular weight is 586 g/mol. The van der Waals surface area contributed by atoms with Crippen molar-refractivity contribution in [3.05, 3.63) is 67.6 Å². The van der Waals surface area contributed by atoms with Gasteiger partial charge in [-0.15, -0.1) is 0 Å². The maximum atomic E-state index is 12.8. The highest BCUT2D eigenvalue weighted by Crippen LogP contribution is 2.38. The van der Waals surface area contributed by atoms with Crippen LogP contribution in [0.4, 0.5) is 0 Å². The lowest BCUT2D eigenvalue weighted by atomic mass is 10.2.